The van der Waals surface area contributed by atoms with E-state index in [2.05, 4.69) is 5.32 Å². The van der Waals surface area contributed by atoms with Crippen molar-refractivity contribution in [2.45, 2.75) is 25.6 Å². The molecule has 20 heavy (non-hydrogen) atoms. The molecule has 10 heteroatoms. The third kappa shape index (κ3) is 2.47. The maximum absolute atomic E-state index is 12.2. The van der Waals surface area contributed by atoms with Crippen molar-refractivity contribution in [3.05, 3.63) is 0 Å². The highest BCUT2D eigenvalue weighted by molar-refractivity contribution is 5.86. The predicted octanol–water partition coefficient (Wildman–Crippen LogP) is -1.52. The second kappa shape index (κ2) is 5.51. The van der Waals surface area contributed by atoms with Gasteiger partial charge >= 0.3 is 12.1 Å². The fourth-order valence-electron chi connectivity index (χ4n) is 2.30. The number of amides is 5. The largest absolute Gasteiger partial charge is 0.342 e. The minimum absolute atomic E-state index is 0.273. The minimum atomic E-state index is -0.987. The van der Waals surface area contributed by atoms with Crippen molar-refractivity contribution in [1.82, 2.24) is 25.6 Å². The maximum atomic E-state index is 12.2. The van der Waals surface area contributed by atoms with Crippen LogP contribution in [0.1, 0.15) is 13.8 Å². The normalized spacial score (nSPS) is 20.9. The SMILES string of the molecule is CNC(=O)N(O)[C@H]1N(C)C(=O)N(CC(=O)NN)C1(C)C. The second-order valence-electron chi connectivity index (χ2n) is 4.97. The number of carbonyl (C=O) groups is 3. The number of rotatable bonds is 3. The molecule has 0 aliphatic carbocycles. The van der Waals surface area contributed by atoms with E-state index >= 15 is 0 Å². The Morgan fingerprint density at radius 1 is 1.50 bits per heavy atom. The predicted molar refractivity (Wildman–Crippen MR) is 68.1 cm³/mol. The number of hydrogen-bond acceptors (Lipinski definition) is 5. The van der Waals surface area contributed by atoms with Crippen molar-refractivity contribution >= 4 is 18.0 Å². The van der Waals surface area contributed by atoms with Crippen LogP contribution in [0.2, 0.25) is 0 Å². The summed E-state index contributed by atoms with van der Waals surface area (Å²) in [5.74, 6) is 4.46. The van der Waals surface area contributed by atoms with Gasteiger partial charge in [-0.1, -0.05) is 0 Å². The zero-order chi connectivity index (χ0) is 15.7. The standard InChI is InChI=1S/C10H20N6O4/c1-10(2)7(16(20)8(18)12-3)14(4)9(19)15(10)5-6(17)13-11/h7,20H,5,11H2,1-4H3,(H,12,18)(H,13,17)/t7-/m1/s1. The molecule has 1 aliphatic rings. The fourth-order valence-corrected chi connectivity index (χ4v) is 2.30. The molecule has 0 radical (unpaired) electrons. The monoisotopic (exact) mass is 288 g/mol. The summed E-state index contributed by atoms with van der Waals surface area (Å²) in [7, 11) is 2.79. The third-order valence-corrected chi connectivity index (χ3v) is 3.34. The molecule has 0 saturated carbocycles. The number of urea groups is 2. The van der Waals surface area contributed by atoms with Crippen LogP contribution in [0.5, 0.6) is 0 Å². The second-order valence-corrected chi connectivity index (χ2v) is 4.97. The van der Waals surface area contributed by atoms with Gasteiger partial charge in [0.2, 0.25) is 0 Å². The molecule has 5 amide bonds. The number of nitrogens with two attached hydrogens (primary N) is 1. The molecule has 1 atom stereocenters. The number of carbonyl (C=O) groups excluding carboxylic acids is 3. The minimum Gasteiger partial charge on any atom is -0.339 e. The van der Waals surface area contributed by atoms with Crippen molar-refractivity contribution in [3.8, 4) is 0 Å². The lowest BCUT2D eigenvalue weighted by molar-refractivity contribution is -0.133. The van der Waals surface area contributed by atoms with Crippen LogP contribution in [-0.4, -0.2) is 70.4 Å². The van der Waals surface area contributed by atoms with Crippen LogP contribution in [0.3, 0.4) is 0 Å². The van der Waals surface area contributed by atoms with Gasteiger partial charge in [0.05, 0.1) is 5.54 Å². The average Bonchev–Trinajstić information content (AvgIpc) is 2.56. The molecule has 1 rings (SSSR count). The van der Waals surface area contributed by atoms with Crippen molar-refractivity contribution in [3.63, 3.8) is 0 Å². The van der Waals surface area contributed by atoms with Gasteiger partial charge in [-0.3, -0.25) is 15.4 Å². The van der Waals surface area contributed by atoms with Crippen LogP contribution < -0.4 is 16.6 Å². The average molecular weight is 288 g/mol. The summed E-state index contributed by atoms with van der Waals surface area (Å²) in [6, 6.07) is -1.25. The molecule has 0 bridgehead atoms. The molecule has 1 saturated heterocycles. The summed E-state index contributed by atoms with van der Waals surface area (Å²) < 4.78 is 0. The van der Waals surface area contributed by atoms with Crippen molar-refractivity contribution in [2.24, 2.45) is 5.84 Å². The number of hydrazine groups is 1. The molecule has 0 unspecified atom stereocenters. The summed E-state index contributed by atoms with van der Waals surface area (Å²) in [6.45, 7) is 2.99. The van der Waals surface area contributed by atoms with Gasteiger partial charge in [0, 0.05) is 14.1 Å². The Bertz CT molecular complexity index is 426. The van der Waals surface area contributed by atoms with Crippen molar-refractivity contribution < 1.29 is 19.6 Å². The zero-order valence-corrected chi connectivity index (χ0v) is 11.9. The van der Waals surface area contributed by atoms with Gasteiger partial charge in [-0.2, -0.15) is 5.06 Å². The molecule has 5 N–H and O–H groups in total. The van der Waals surface area contributed by atoms with Gasteiger partial charge in [-0.05, 0) is 13.8 Å². The first-order valence-corrected chi connectivity index (χ1v) is 5.92. The third-order valence-electron chi connectivity index (χ3n) is 3.34. The van der Waals surface area contributed by atoms with Crippen LogP contribution in [-0.2, 0) is 4.79 Å². The van der Waals surface area contributed by atoms with E-state index in [1.165, 1.54) is 23.9 Å². The number of nitrogens with one attached hydrogen (secondary N) is 2. The molecular formula is C10H20N6O4. The molecule has 0 aromatic rings. The lowest BCUT2D eigenvalue weighted by Gasteiger charge is -2.37. The van der Waals surface area contributed by atoms with E-state index in [0.29, 0.717) is 5.06 Å². The lowest BCUT2D eigenvalue weighted by Crippen LogP contribution is -2.58. The van der Waals surface area contributed by atoms with E-state index in [9.17, 15) is 19.6 Å². The first-order valence-electron chi connectivity index (χ1n) is 5.92. The number of hydroxylamine groups is 2. The number of nitrogens with zero attached hydrogens (tertiary/aromatic N) is 3. The Hall–Kier alpha value is -2.07. The Morgan fingerprint density at radius 3 is 2.50 bits per heavy atom. The van der Waals surface area contributed by atoms with E-state index in [-0.39, 0.29) is 6.54 Å². The highest BCUT2D eigenvalue weighted by atomic mass is 16.5. The van der Waals surface area contributed by atoms with Gasteiger partial charge < -0.3 is 15.1 Å². The van der Waals surface area contributed by atoms with Crippen molar-refractivity contribution in [1.29, 1.82) is 0 Å². The van der Waals surface area contributed by atoms with Gasteiger partial charge in [0.25, 0.3) is 5.91 Å². The molecule has 1 heterocycles. The highest BCUT2D eigenvalue weighted by Crippen LogP contribution is 2.32. The van der Waals surface area contributed by atoms with Gasteiger partial charge in [0.1, 0.15) is 6.54 Å². The molecule has 1 aliphatic heterocycles. The Balaban J connectivity index is 3.07. The number of hydrogen-bond donors (Lipinski definition) is 4. The summed E-state index contributed by atoms with van der Waals surface area (Å²) in [5.41, 5.74) is 0.950. The molecule has 0 spiro atoms. The van der Waals surface area contributed by atoms with E-state index in [1.807, 2.05) is 5.43 Å². The van der Waals surface area contributed by atoms with Crippen LogP contribution in [0.15, 0.2) is 0 Å². The Labute approximate surface area is 116 Å². The van der Waals surface area contributed by atoms with E-state index in [4.69, 9.17) is 5.84 Å². The Kier molecular flexibility index (Phi) is 4.40. The quantitative estimate of drug-likeness (QED) is 0.217. The molecular weight excluding hydrogens is 268 g/mol. The zero-order valence-electron chi connectivity index (χ0n) is 11.9. The molecule has 0 aromatic carbocycles. The summed E-state index contributed by atoms with van der Waals surface area (Å²) in [4.78, 5) is 37.5. The van der Waals surface area contributed by atoms with Crippen LogP contribution in [0, 0.1) is 0 Å². The highest BCUT2D eigenvalue weighted by Gasteiger charge is 2.54. The van der Waals surface area contributed by atoms with E-state index in [0.717, 1.165) is 0 Å². The smallest absolute Gasteiger partial charge is 0.339 e. The molecule has 114 valence electrons. The summed E-state index contributed by atoms with van der Waals surface area (Å²) in [5, 5.41) is 12.6. The first-order chi connectivity index (χ1) is 9.18. The molecule has 10 nitrogen and oxygen atoms in total. The first kappa shape index (κ1) is 16.0. The molecule has 1 fully saturated rings. The molecule has 0 aromatic heterocycles. The lowest BCUT2D eigenvalue weighted by atomic mass is 10.0. The van der Waals surface area contributed by atoms with Gasteiger partial charge in [-0.25, -0.2) is 15.4 Å². The van der Waals surface area contributed by atoms with E-state index < -0.39 is 29.7 Å². The van der Waals surface area contributed by atoms with E-state index in [1.54, 1.807) is 13.8 Å². The van der Waals surface area contributed by atoms with Crippen LogP contribution >= 0.6 is 0 Å². The summed E-state index contributed by atoms with van der Waals surface area (Å²) in [6.07, 6.45) is -0.944. The van der Waals surface area contributed by atoms with Crippen LogP contribution in [0.4, 0.5) is 9.59 Å². The van der Waals surface area contributed by atoms with Gasteiger partial charge in [0.15, 0.2) is 6.17 Å². The van der Waals surface area contributed by atoms with Crippen LogP contribution in [0.25, 0.3) is 0 Å². The van der Waals surface area contributed by atoms with Crippen molar-refractivity contribution in [2.75, 3.05) is 20.6 Å². The summed E-state index contributed by atoms with van der Waals surface area (Å²) >= 11 is 0. The topological polar surface area (TPSA) is 131 Å². The maximum Gasteiger partial charge on any atom is 0.342 e. The number of likely N-dealkylation sites (N-methyl/N-ethyl adjacent to an activating group) is 1. The fraction of sp³-hybridized carbons (Fsp3) is 0.700. The Morgan fingerprint density at radius 2 is 2.05 bits per heavy atom. The van der Waals surface area contributed by atoms with Gasteiger partial charge in [-0.15, -0.1) is 0 Å².